The van der Waals surface area contributed by atoms with Crippen molar-refractivity contribution in [2.24, 2.45) is 0 Å². The van der Waals surface area contributed by atoms with E-state index in [1.165, 1.54) is 0 Å². The molecule has 2 heterocycles. The molecular weight excluding hydrogens is 272 g/mol. The van der Waals surface area contributed by atoms with Gasteiger partial charge < -0.3 is 0 Å². The van der Waals surface area contributed by atoms with Crippen LogP contribution >= 0.6 is 0 Å². The van der Waals surface area contributed by atoms with Crippen molar-refractivity contribution in [2.75, 3.05) is 0 Å². The van der Waals surface area contributed by atoms with E-state index in [0.717, 1.165) is 0 Å². The molecule has 2 aromatic carbocycles. The Bertz CT molecular complexity index is 600. The van der Waals surface area contributed by atoms with Crippen LogP contribution < -0.4 is 17.7 Å². The van der Waals surface area contributed by atoms with Crippen LogP contribution in [0.4, 0.5) is 0 Å². The molecule has 20 heavy (non-hydrogen) atoms. The van der Waals surface area contributed by atoms with Gasteiger partial charge in [-0.05, 0) is 0 Å². The van der Waals surface area contributed by atoms with Crippen molar-refractivity contribution in [1.82, 2.24) is 0 Å². The first kappa shape index (κ1) is 11.4. The summed E-state index contributed by atoms with van der Waals surface area (Å²) in [5.41, 5.74) is 0. The second kappa shape index (κ2) is 3.58. The zero-order valence-electron chi connectivity index (χ0n) is 10.7. The zero-order chi connectivity index (χ0) is 13.7. The summed E-state index contributed by atoms with van der Waals surface area (Å²) in [6, 6.07) is 15.3. The van der Waals surface area contributed by atoms with E-state index in [9.17, 15) is 0 Å². The zero-order valence-corrected chi connectivity index (χ0v) is 11.7. The fourth-order valence-corrected chi connectivity index (χ4v) is 6.04. The molecule has 0 aliphatic carbocycles. The molecule has 1 spiro atoms. The van der Waals surface area contributed by atoms with Gasteiger partial charge in [-0.15, -0.1) is 0 Å². The van der Waals surface area contributed by atoms with Gasteiger partial charge in [0.05, 0.1) is 0 Å². The third-order valence-corrected chi connectivity index (χ3v) is 6.82. The minimum atomic E-state index is -4.02. The Kier molecular flexibility index (Phi) is 2.04. The number of para-hydroxylation sites is 4. The van der Waals surface area contributed by atoms with E-state index >= 15 is 0 Å². The fraction of sp³-hybridized carbons (Fsp3) is 0.0667. The summed E-state index contributed by atoms with van der Waals surface area (Å²) in [6.07, 6.45) is 1.71. The summed E-state index contributed by atoms with van der Waals surface area (Å²) in [5, 5.41) is 0. The van der Waals surface area contributed by atoms with Gasteiger partial charge in [0, 0.05) is 0 Å². The van der Waals surface area contributed by atoms with Crippen LogP contribution in [0.3, 0.4) is 0 Å². The number of hydrogen-bond acceptors (Lipinski definition) is 4. The van der Waals surface area contributed by atoms with Gasteiger partial charge in [0.2, 0.25) is 0 Å². The van der Waals surface area contributed by atoms with E-state index in [-0.39, 0.29) is 0 Å². The Morgan fingerprint density at radius 2 is 1.10 bits per heavy atom. The Balaban J connectivity index is 1.84. The summed E-state index contributed by atoms with van der Waals surface area (Å²) in [7, 11) is -4.02. The van der Waals surface area contributed by atoms with Crippen LogP contribution in [-0.2, 0) is 0 Å². The monoisotopic (exact) mass is 285 g/mol. The number of benzene rings is 2. The molecule has 0 saturated carbocycles. The molecule has 0 radical (unpaired) electrons. The van der Waals surface area contributed by atoms with E-state index in [1.54, 1.807) is 6.08 Å². The molecule has 2 aliphatic heterocycles. The van der Waals surface area contributed by atoms with Gasteiger partial charge in [0.15, 0.2) is 0 Å². The summed E-state index contributed by atoms with van der Waals surface area (Å²) in [4.78, 5) is 0. The summed E-state index contributed by atoms with van der Waals surface area (Å²) in [5.74, 6) is 2.59. The molecule has 2 aliphatic rings. The molecule has 102 valence electrons. The molecule has 5 heteroatoms. The first-order valence-electron chi connectivity index (χ1n) is 6.46. The summed E-state index contributed by atoms with van der Waals surface area (Å²) in [6.45, 7) is 3.78. The average molecular weight is 285 g/mol. The van der Waals surface area contributed by atoms with E-state index in [2.05, 4.69) is 6.58 Å². The molecule has 2 aromatic rings. The van der Waals surface area contributed by atoms with Crippen LogP contribution in [0.15, 0.2) is 61.2 Å². The van der Waals surface area contributed by atoms with Crippen molar-refractivity contribution in [3.05, 3.63) is 61.2 Å². The van der Waals surface area contributed by atoms with Crippen molar-refractivity contribution >= 4 is 8.33 Å². The van der Waals surface area contributed by atoms with Gasteiger partial charge in [-0.2, -0.15) is 0 Å². The first-order valence-corrected chi connectivity index (χ1v) is 8.80. The van der Waals surface area contributed by atoms with Gasteiger partial charge in [0.1, 0.15) is 0 Å². The van der Waals surface area contributed by atoms with Crippen LogP contribution in [0.25, 0.3) is 0 Å². The van der Waals surface area contributed by atoms with E-state index in [0.29, 0.717) is 29.0 Å². The Morgan fingerprint density at radius 1 is 0.750 bits per heavy atom. The molecule has 4 nitrogen and oxygen atoms in total. The van der Waals surface area contributed by atoms with Crippen LogP contribution in [0.5, 0.6) is 23.0 Å². The van der Waals surface area contributed by atoms with E-state index in [4.69, 9.17) is 17.7 Å². The molecule has 0 bridgehead atoms. The number of fused-ring (bicyclic) bond motifs is 2. The van der Waals surface area contributed by atoms with Crippen LogP contribution in [-0.4, -0.2) is 8.33 Å². The van der Waals surface area contributed by atoms with Crippen LogP contribution in [0.1, 0.15) is 0 Å². The topological polar surface area (TPSA) is 36.9 Å². The van der Waals surface area contributed by atoms with E-state index < -0.39 is 8.33 Å². The maximum atomic E-state index is 6.08. The predicted molar refractivity (Wildman–Crippen MR) is 76.2 cm³/mol. The molecule has 0 aromatic heterocycles. The number of allylic oxidation sites excluding steroid dienone is 1. The second-order valence-electron chi connectivity index (χ2n) is 4.87. The predicted octanol–water partition coefficient (Wildman–Crippen LogP) is 3.50. The van der Waals surface area contributed by atoms with Gasteiger partial charge in [-0.3, -0.25) is 0 Å². The van der Waals surface area contributed by atoms with Gasteiger partial charge in [-0.1, -0.05) is 0 Å². The van der Waals surface area contributed by atoms with Gasteiger partial charge >= 0.3 is 116 Å². The third-order valence-electron chi connectivity index (χ3n) is 3.40. The van der Waals surface area contributed by atoms with E-state index in [1.807, 2.05) is 48.5 Å². The molecule has 0 amide bonds. The van der Waals surface area contributed by atoms with Gasteiger partial charge in [-0.25, -0.2) is 0 Å². The summed E-state index contributed by atoms with van der Waals surface area (Å²) < 4.78 is 24.3. The summed E-state index contributed by atoms with van der Waals surface area (Å²) >= 11 is 0. The minimum absolute atomic E-state index is 0.378. The molecule has 0 atom stereocenters. The van der Waals surface area contributed by atoms with Gasteiger partial charge in [0.25, 0.3) is 0 Å². The first-order chi connectivity index (χ1) is 9.72. The van der Waals surface area contributed by atoms with Crippen molar-refractivity contribution in [1.29, 1.82) is 0 Å². The van der Waals surface area contributed by atoms with Crippen molar-refractivity contribution < 1.29 is 17.7 Å². The third kappa shape index (κ3) is 1.41. The maximum absolute atomic E-state index is 6.08. The quantitative estimate of drug-likeness (QED) is 0.625. The molecule has 0 unspecified atom stereocenters. The molecule has 0 fully saturated rings. The molecule has 4 rings (SSSR count). The fourth-order valence-electron chi connectivity index (χ4n) is 2.61. The molecule has 0 N–H and O–H groups in total. The Hall–Kier alpha value is -2.40. The van der Waals surface area contributed by atoms with Crippen LogP contribution in [0, 0.1) is 0 Å². The SMILES string of the molecule is C=CC[Si-]12(Oc3ccccc3O1)Oc1ccccc1O2. The van der Waals surface area contributed by atoms with Crippen LogP contribution in [0.2, 0.25) is 6.04 Å². The molecule has 0 saturated heterocycles. The second-order valence-corrected chi connectivity index (χ2v) is 8.25. The van der Waals surface area contributed by atoms with Crippen molar-refractivity contribution in [3.63, 3.8) is 0 Å². The number of hydrogen-bond donors (Lipinski definition) is 0. The average Bonchev–Trinajstić information content (AvgIpc) is 2.93. The Morgan fingerprint density at radius 3 is 1.40 bits per heavy atom. The molecular formula is C15H13O4Si-. The Labute approximate surface area is 117 Å². The van der Waals surface area contributed by atoms with Crippen molar-refractivity contribution in [3.8, 4) is 23.0 Å². The van der Waals surface area contributed by atoms with Crippen molar-refractivity contribution in [2.45, 2.75) is 6.04 Å². The normalized spacial score (nSPS) is 21.1. The number of rotatable bonds is 2. The standard InChI is InChI=1S/C15H13O4Si/c1-2-11-20(16-12-7-3-4-8-13(12)17-20)18-14-9-5-6-10-15(14)19-20/h2-10H,1,11H2/q-1.